The van der Waals surface area contributed by atoms with Gasteiger partial charge in [-0.05, 0) is 47.2 Å². The topological polar surface area (TPSA) is 64.9 Å². The summed E-state index contributed by atoms with van der Waals surface area (Å²) in [4.78, 5) is 0. The molecule has 1 aromatic heterocycles. The fourth-order valence-electron chi connectivity index (χ4n) is 2.28. The summed E-state index contributed by atoms with van der Waals surface area (Å²) in [5.41, 5.74) is 1.65. The molecule has 0 unspecified atom stereocenters. The summed E-state index contributed by atoms with van der Waals surface area (Å²) in [6, 6.07) is 13.0. The number of rotatable bonds is 5. The molecule has 1 atom stereocenters. The van der Waals surface area contributed by atoms with Gasteiger partial charge in [0.05, 0.1) is 28.9 Å². The van der Waals surface area contributed by atoms with Gasteiger partial charge in [-0.25, -0.2) is 0 Å². The summed E-state index contributed by atoms with van der Waals surface area (Å²) in [5.74, 6) is 1.26. The Morgan fingerprint density at radius 2 is 1.96 bits per heavy atom. The molecule has 0 aliphatic heterocycles. The van der Waals surface area contributed by atoms with Crippen molar-refractivity contribution in [2.24, 2.45) is 0 Å². The average Bonchev–Trinajstić information content (AvgIpc) is 3.05. The van der Waals surface area contributed by atoms with E-state index < -0.39 is 0 Å². The zero-order valence-corrected chi connectivity index (χ0v) is 14.6. The SMILES string of the molecule is COc1cccc([C@H](C)Nc2nnnn2-c2cccc(Cl)c2Cl)c1. The van der Waals surface area contributed by atoms with Crippen LogP contribution in [0.5, 0.6) is 5.75 Å². The van der Waals surface area contributed by atoms with E-state index in [-0.39, 0.29) is 6.04 Å². The maximum absolute atomic E-state index is 6.26. The molecule has 0 radical (unpaired) electrons. The molecule has 124 valence electrons. The third-order valence-corrected chi connectivity index (χ3v) is 4.38. The lowest BCUT2D eigenvalue weighted by Gasteiger charge is -2.16. The van der Waals surface area contributed by atoms with E-state index in [1.807, 2.05) is 31.2 Å². The van der Waals surface area contributed by atoms with Crippen molar-refractivity contribution in [1.29, 1.82) is 0 Å². The van der Waals surface area contributed by atoms with E-state index in [2.05, 4.69) is 20.8 Å². The van der Waals surface area contributed by atoms with E-state index in [4.69, 9.17) is 27.9 Å². The summed E-state index contributed by atoms with van der Waals surface area (Å²) in [6.45, 7) is 2.01. The lowest BCUT2D eigenvalue weighted by Crippen LogP contribution is -2.12. The van der Waals surface area contributed by atoms with E-state index in [1.54, 1.807) is 25.3 Å². The van der Waals surface area contributed by atoms with Crippen molar-refractivity contribution >= 4 is 29.2 Å². The highest BCUT2D eigenvalue weighted by molar-refractivity contribution is 6.43. The first kappa shape index (κ1) is 16.5. The number of anilines is 1. The second-order valence-electron chi connectivity index (χ2n) is 5.13. The molecular weight excluding hydrogens is 349 g/mol. The third kappa shape index (κ3) is 3.29. The quantitative estimate of drug-likeness (QED) is 0.737. The fourth-order valence-corrected chi connectivity index (χ4v) is 2.66. The Labute approximate surface area is 149 Å². The van der Waals surface area contributed by atoms with Gasteiger partial charge in [0.2, 0.25) is 5.95 Å². The molecule has 0 fully saturated rings. The predicted octanol–water partition coefficient (Wildman–Crippen LogP) is 4.15. The van der Waals surface area contributed by atoms with Crippen molar-refractivity contribution in [1.82, 2.24) is 20.2 Å². The summed E-state index contributed by atoms with van der Waals surface area (Å²) >= 11 is 12.3. The molecule has 2 aromatic carbocycles. The number of hydrogen-bond acceptors (Lipinski definition) is 5. The third-order valence-electron chi connectivity index (χ3n) is 3.57. The predicted molar refractivity (Wildman–Crippen MR) is 94.2 cm³/mol. The monoisotopic (exact) mass is 363 g/mol. The Morgan fingerprint density at radius 3 is 2.75 bits per heavy atom. The minimum Gasteiger partial charge on any atom is -0.497 e. The van der Waals surface area contributed by atoms with Gasteiger partial charge in [-0.2, -0.15) is 4.68 Å². The second kappa shape index (κ2) is 7.07. The maximum Gasteiger partial charge on any atom is 0.248 e. The molecule has 0 amide bonds. The first-order valence-corrected chi connectivity index (χ1v) is 7.99. The summed E-state index contributed by atoms with van der Waals surface area (Å²) < 4.78 is 6.78. The van der Waals surface area contributed by atoms with Gasteiger partial charge >= 0.3 is 0 Å². The average molecular weight is 364 g/mol. The van der Waals surface area contributed by atoms with Crippen LogP contribution in [0.2, 0.25) is 10.0 Å². The molecule has 0 aliphatic carbocycles. The number of aromatic nitrogens is 4. The Hall–Kier alpha value is -2.31. The van der Waals surface area contributed by atoms with Gasteiger partial charge < -0.3 is 10.1 Å². The standard InChI is InChI=1S/C16H15Cl2N5O/c1-10(11-5-3-6-12(9-11)24-2)19-16-20-21-22-23(16)14-8-4-7-13(17)15(14)18/h3-10H,1-2H3,(H,19,20,22)/t10-/m0/s1. The number of hydrogen-bond donors (Lipinski definition) is 1. The van der Waals surface area contributed by atoms with Crippen LogP contribution < -0.4 is 10.1 Å². The molecule has 1 heterocycles. The smallest absolute Gasteiger partial charge is 0.248 e. The van der Waals surface area contributed by atoms with Crippen LogP contribution in [0.1, 0.15) is 18.5 Å². The Morgan fingerprint density at radius 1 is 1.17 bits per heavy atom. The van der Waals surface area contributed by atoms with Crippen molar-refractivity contribution in [3.05, 3.63) is 58.1 Å². The van der Waals surface area contributed by atoms with Crippen LogP contribution in [0.25, 0.3) is 5.69 Å². The summed E-state index contributed by atoms with van der Waals surface area (Å²) in [5, 5.41) is 15.9. The van der Waals surface area contributed by atoms with Crippen LogP contribution in [0, 0.1) is 0 Å². The van der Waals surface area contributed by atoms with Gasteiger partial charge in [0.1, 0.15) is 5.75 Å². The normalized spacial score (nSPS) is 12.0. The van der Waals surface area contributed by atoms with Crippen molar-refractivity contribution in [2.45, 2.75) is 13.0 Å². The van der Waals surface area contributed by atoms with E-state index in [0.29, 0.717) is 21.7 Å². The highest BCUT2D eigenvalue weighted by atomic mass is 35.5. The number of nitrogens with zero attached hydrogens (tertiary/aromatic N) is 4. The molecule has 0 spiro atoms. The van der Waals surface area contributed by atoms with Crippen LogP contribution >= 0.6 is 23.2 Å². The van der Waals surface area contributed by atoms with Gasteiger partial charge in [-0.3, -0.25) is 0 Å². The highest BCUT2D eigenvalue weighted by Gasteiger charge is 2.16. The minimum atomic E-state index is -0.0391. The van der Waals surface area contributed by atoms with Crippen molar-refractivity contribution < 1.29 is 4.74 Å². The van der Waals surface area contributed by atoms with Gasteiger partial charge in [0, 0.05) is 0 Å². The Balaban J connectivity index is 1.89. The van der Waals surface area contributed by atoms with Crippen LogP contribution in [0.4, 0.5) is 5.95 Å². The Kier molecular flexibility index (Phi) is 4.87. The number of methoxy groups -OCH3 is 1. The van der Waals surface area contributed by atoms with Crippen molar-refractivity contribution in [2.75, 3.05) is 12.4 Å². The molecule has 0 saturated carbocycles. The van der Waals surface area contributed by atoms with Gasteiger partial charge in [0.15, 0.2) is 0 Å². The van der Waals surface area contributed by atoms with Gasteiger partial charge in [0.25, 0.3) is 0 Å². The fraction of sp³-hybridized carbons (Fsp3) is 0.188. The molecule has 1 N–H and O–H groups in total. The lowest BCUT2D eigenvalue weighted by atomic mass is 10.1. The number of nitrogens with one attached hydrogen (secondary N) is 1. The van der Waals surface area contributed by atoms with Gasteiger partial charge in [-0.1, -0.05) is 46.5 Å². The molecule has 6 nitrogen and oxygen atoms in total. The Bertz CT molecular complexity index is 852. The molecular formula is C16H15Cl2N5O. The molecule has 3 aromatic rings. The summed E-state index contributed by atoms with van der Waals surface area (Å²) in [7, 11) is 1.64. The first-order valence-electron chi connectivity index (χ1n) is 7.23. The number of halogens is 2. The van der Waals surface area contributed by atoms with Crippen LogP contribution in [0.15, 0.2) is 42.5 Å². The van der Waals surface area contributed by atoms with Crippen molar-refractivity contribution in [3.63, 3.8) is 0 Å². The maximum atomic E-state index is 6.26. The van der Waals surface area contributed by atoms with Gasteiger partial charge in [-0.15, -0.1) is 0 Å². The van der Waals surface area contributed by atoms with Crippen molar-refractivity contribution in [3.8, 4) is 11.4 Å². The molecule has 3 rings (SSSR count). The number of tetrazole rings is 1. The molecule has 0 bridgehead atoms. The number of ether oxygens (including phenoxy) is 1. The van der Waals surface area contributed by atoms with Crippen LogP contribution in [0.3, 0.4) is 0 Å². The number of benzene rings is 2. The van der Waals surface area contributed by atoms with Crippen LogP contribution in [-0.2, 0) is 0 Å². The first-order chi connectivity index (χ1) is 11.6. The minimum absolute atomic E-state index is 0.0391. The zero-order chi connectivity index (χ0) is 17.1. The largest absolute Gasteiger partial charge is 0.497 e. The van der Waals surface area contributed by atoms with E-state index >= 15 is 0 Å². The van der Waals surface area contributed by atoms with E-state index in [1.165, 1.54) is 4.68 Å². The molecule has 0 aliphatic rings. The zero-order valence-electron chi connectivity index (χ0n) is 13.1. The van der Waals surface area contributed by atoms with E-state index in [0.717, 1.165) is 11.3 Å². The molecule has 8 heteroatoms. The van der Waals surface area contributed by atoms with E-state index in [9.17, 15) is 0 Å². The highest BCUT2D eigenvalue weighted by Crippen LogP contribution is 2.30. The molecule has 0 saturated heterocycles. The molecule has 24 heavy (non-hydrogen) atoms. The second-order valence-corrected chi connectivity index (χ2v) is 5.92. The van der Waals surface area contributed by atoms with Crippen LogP contribution in [-0.4, -0.2) is 27.3 Å². The summed E-state index contributed by atoms with van der Waals surface area (Å²) in [6.07, 6.45) is 0. The lowest BCUT2D eigenvalue weighted by molar-refractivity contribution is 0.414.